The average molecular weight is 481 g/mol. The van der Waals surface area contributed by atoms with Crippen molar-refractivity contribution in [1.29, 1.82) is 0 Å². The monoisotopic (exact) mass is 480 g/mol. The lowest BCUT2D eigenvalue weighted by atomic mass is 10.1. The third kappa shape index (κ3) is 4.97. The second-order valence-electron chi connectivity index (χ2n) is 8.20. The number of ether oxygens (including phenoxy) is 2. The van der Waals surface area contributed by atoms with Crippen molar-refractivity contribution in [2.75, 3.05) is 12.0 Å². The number of rotatable bonds is 7. The lowest BCUT2D eigenvalue weighted by Crippen LogP contribution is -2.48. The van der Waals surface area contributed by atoms with Gasteiger partial charge in [0.25, 0.3) is 5.91 Å². The SMILES string of the molecule is COc1ccc(C)c2sc(N(Cc3ccccc3)C(=O)C(C)(C)Oc3ccc(Cl)cc3)nc12. The van der Waals surface area contributed by atoms with Gasteiger partial charge in [0.05, 0.1) is 18.4 Å². The summed E-state index contributed by atoms with van der Waals surface area (Å²) in [4.78, 5) is 20.4. The van der Waals surface area contributed by atoms with E-state index >= 15 is 0 Å². The maximum absolute atomic E-state index is 13.9. The van der Waals surface area contributed by atoms with Crippen molar-refractivity contribution in [2.45, 2.75) is 32.9 Å². The predicted molar refractivity (Wildman–Crippen MR) is 135 cm³/mol. The molecule has 0 aliphatic heterocycles. The van der Waals surface area contributed by atoms with E-state index in [0.717, 1.165) is 21.3 Å². The summed E-state index contributed by atoms with van der Waals surface area (Å²) < 4.78 is 12.6. The van der Waals surface area contributed by atoms with E-state index in [4.69, 9.17) is 26.1 Å². The number of nitrogens with zero attached hydrogens (tertiary/aromatic N) is 2. The normalized spacial score (nSPS) is 11.4. The lowest BCUT2D eigenvalue weighted by molar-refractivity contribution is -0.131. The molecular formula is C26H25ClN2O3S. The second-order valence-corrected chi connectivity index (χ2v) is 9.62. The van der Waals surface area contributed by atoms with Crippen LogP contribution < -0.4 is 14.4 Å². The Balaban J connectivity index is 1.75. The number of thiazole rings is 1. The molecule has 0 spiro atoms. The molecule has 4 aromatic rings. The van der Waals surface area contributed by atoms with Gasteiger partial charge in [-0.15, -0.1) is 0 Å². The number of aryl methyl sites for hydroxylation is 1. The van der Waals surface area contributed by atoms with Crippen molar-refractivity contribution in [3.63, 3.8) is 0 Å². The number of carbonyl (C=O) groups excluding carboxylic acids is 1. The third-order valence-electron chi connectivity index (χ3n) is 5.27. The summed E-state index contributed by atoms with van der Waals surface area (Å²) in [6.07, 6.45) is 0. The van der Waals surface area contributed by atoms with Crippen molar-refractivity contribution < 1.29 is 14.3 Å². The number of fused-ring (bicyclic) bond motifs is 1. The Kier molecular flexibility index (Phi) is 6.58. The van der Waals surface area contributed by atoms with Crippen LogP contribution in [0.1, 0.15) is 25.0 Å². The molecule has 0 N–H and O–H groups in total. The third-order valence-corrected chi connectivity index (χ3v) is 6.74. The zero-order valence-corrected chi connectivity index (χ0v) is 20.5. The number of halogens is 1. The predicted octanol–water partition coefficient (Wildman–Crippen LogP) is 6.66. The van der Waals surface area contributed by atoms with Gasteiger partial charge in [0.15, 0.2) is 10.7 Å². The molecule has 0 aliphatic carbocycles. The van der Waals surface area contributed by atoms with E-state index in [1.807, 2.05) is 49.4 Å². The Morgan fingerprint density at radius 3 is 2.42 bits per heavy atom. The van der Waals surface area contributed by atoms with E-state index in [2.05, 4.69) is 0 Å². The first-order valence-corrected chi connectivity index (χ1v) is 11.7. The van der Waals surface area contributed by atoms with E-state index in [0.29, 0.717) is 28.2 Å². The molecule has 0 fully saturated rings. The fourth-order valence-corrected chi connectivity index (χ4v) is 4.71. The van der Waals surface area contributed by atoms with Crippen molar-refractivity contribution in [3.05, 3.63) is 82.9 Å². The number of carbonyl (C=O) groups is 1. The van der Waals surface area contributed by atoms with Gasteiger partial charge in [0.2, 0.25) is 0 Å². The molecule has 0 radical (unpaired) electrons. The number of aromatic nitrogens is 1. The molecule has 1 heterocycles. The maximum atomic E-state index is 13.9. The molecule has 33 heavy (non-hydrogen) atoms. The zero-order valence-electron chi connectivity index (χ0n) is 19.0. The first-order chi connectivity index (χ1) is 15.8. The lowest BCUT2D eigenvalue weighted by Gasteiger charge is -2.31. The summed E-state index contributed by atoms with van der Waals surface area (Å²) >= 11 is 7.47. The highest BCUT2D eigenvalue weighted by Gasteiger charge is 2.36. The molecular weight excluding hydrogens is 456 g/mol. The second kappa shape index (κ2) is 9.41. The van der Waals surface area contributed by atoms with Crippen molar-refractivity contribution in [1.82, 2.24) is 4.98 Å². The number of anilines is 1. The smallest absolute Gasteiger partial charge is 0.272 e. The number of amides is 1. The average Bonchev–Trinajstić information content (AvgIpc) is 3.25. The van der Waals surface area contributed by atoms with Gasteiger partial charge in [-0.1, -0.05) is 59.3 Å². The van der Waals surface area contributed by atoms with E-state index in [-0.39, 0.29) is 5.91 Å². The van der Waals surface area contributed by atoms with E-state index < -0.39 is 5.60 Å². The van der Waals surface area contributed by atoms with Gasteiger partial charge in [-0.05, 0) is 62.2 Å². The van der Waals surface area contributed by atoms with Crippen LogP contribution in [0, 0.1) is 6.92 Å². The summed E-state index contributed by atoms with van der Waals surface area (Å²) in [6, 6.07) is 20.7. The topological polar surface area (TPSA) is 51.7 Å². The summed E-state index contributed by atoms with van der Waals surface area (Å²) in [5.74, 6) is 1.05. The Hall–Kier alpha value is -3.09. The van der Waals surface area contributed by atoms with E-state index in [1.165, 1.54) is 11.3 Å². The van der Waals surface area contributed by atoms with E-state index in [9.17, 15) is 4.79 Å². The molecule has 0 bridgehead atoms. The van der Waals surface area contributed by atoms with Crippen LogP contribution in [0.2, 0.25) is 5.02 Å². The summed E-state index contributed by atoms with van der Waals surface area (Å²) in [5.41, 5.74) is 1.69. The van der Waals surface area contributed by atoms with Crippen LogP contribution in [-0.4, -0.2) is 23.6 Å². The van der Waals surface area contributed by atoms with Crippen LogP contribution in [0.3, 0.4) is 0 Å². The molecule has 4 rings (SSSR count). The summed E-state index contributed by atoms with van der Waals surface area (Å²) in [7, 11) is 1.62. The van der Waals surface area contributed by atoms with Gasteiger partial charge in [-0.25, -0.2) is 4.98 Å². The van der Waals surface area contributed by atoms with E-state index in [1.54, 1.807) is 50.1 Å². The van der Waals surface area contributed by atoms with Gasteiger partial charge in [-0.2, -0.15) is 0 Å². The molecule has 0 unspecified atom stereocenters. The molecule has 1 amide bonds. The van der Waals surface area contributed by atoms with Crippen LogP contribution in [0.15, 0.2) is 66.7 Å². The summed E-state index contributed by atoms with van der Waals surface area (Å²) in [6.45, 7) is 5.93. The standard InChI is InChI=1S/C26H25ClN2O3S/c1-17-10-15-21(31-4)22-23(17)33-25(28-22)29(16-18-8-6-5-7-9-18)24(30)26(2,3)32-20-13-11-19(27)12-14-20/h5-15H,16H2,1-4H3. The molecule has 170 valence electrons. The highest BCUT2D eigenvalue weighted by atomic mass is 35.5. The van der Waals surface area contributed by atoms with Crippen LogP contribution in [0.4, 0.5) is 5.13 Å². The minimum Gasteiger partial charge on any atom is -0.494 e. The highest BCUT2D eigenvalue weighted by Crippen LogP contribution is 2.38. The molecule has 1 aromatic heterocycles. The maximum Gasteiger partial charge on any atom is 0.272 e. The van der Waals surface area contributed by atoms with Gasteiger partial charge in [0.1, 0.15) is 17.0 Å². The Morgan fingerprint density at radius 2 is 1.76 bits per heavy atom. The molecule has 0 aliphatic rings. The number of hydrogen-bond acceptors (Lipinski definition) is 5. The van der Waals surface area contributed by atoms with Gasteiger partial charge in [0, 0.05) is 5.02 Å². The fourth-order valence-electron chi connectivity index (χ4n) is 3.54. The Labute approximate surface area is 202 Å². The van der Waals surface area contributed by atoms with Crippen molar-refractivity contribution in [2.24, 2.45) is 0 Å². The quantitative estimate of drug-likeness (QED) is 0.297. The number of benzene rings is 3. The van der Waals surface area contributed by atoms with Crippen LogP contribution in [-0.2, 0) is 11.3 Å². The van der Waals surface area contributed by atoms with Crippen molar-refractivity contribution in [3.8, 4) is 11.5 Å². The van der Waals surface area contributed by atoms with Gasteiger partial charge >= 0.3 is 0 Å². The molecule has 5 nitrogen and oxygen atoms in total. The minimum atomic E-state index is -1.14. The molecule has 0 atom stereocenters. The first kappa shape index (κ1) is 23.1. The number of methoxy groups -OCH3 is 1. The molecule has 0 saturated heterocycles. The number of hydrogen-bond donors (Lipinski definition) is 0. The molecule has 3 aromatic carbocycles. The highest BCUT2D eigenvalue weighted by molar-refractivity contribution is 7.22. The van der Waals surface area contributed by atoms with Crippen LogP contribution >= 0.6 is 22.9 Å². The molecule has 7 heteroatoms. The minimum absolute atomic E-state index is 0.197. The molecule has 0 saturated carbocycles. The zero-order chi connectivity index (χ0) is 23.6. The Bertz CT molecular complexity index is 1270. The van der Waals surface area contributed by atoms with Crippen LogP contribution in [0.25, 0.3) is 10.2 Å². The van der Waals surface area contributed by atoms with Crippen LogP contribution in [0.5, 0.6) is 11.5 Å². The Morgan fingerprint density at radius 1 is 1.06 bits per heavy atom. The largest absolute Gasteiger partial charge is 0.494 e. The summed E-state index contributed by atoms with van der Waals surface area (Å²) in [5, 5.41) is 1.20. The van der Waals surface area contributed by atoms with Crippen molar-refractivity contribution >= 4 is 44.2 Å². The van der Waals surface area contributed by atoms with Gasteiger partial charge < -0.3 is 9.47 Å². The van der Waals surface area contributed by atoms with Gasteiger partial charge in [-0.3, -0.25) is 9.69 Å². The first-order valence-electron chi connectivity index (χ1n) is 10.5. The fraction of sp³-hybridized carbons (Fsp3) is 0.231.